The topological polar surface area (TPSA) is 0 Å². The van der Waals surface area contributed by atoms with Crippen LogP contribution in [0, 0.1) is 5.92 Å². The summed E-state index contributed by atoms with van der Waals surface area (Å²) in [7, 11) is 0. The largest absolute Gasteiger partial charge is 0.0856 e. The van der Waals surface area contributed by atoms with E-state index in [0.29, 0.717) is 0 Å². The summed E-state index contributed by atoms with van der Waals surface area (Å²) in [5.74, 6) is 0.805. The Bertz CT molecular complexity index is 663. The van der Waals surface area contributed by atoms with E-state index in [0.717, 1.165) is 12.3 Å². The molecule has 2 aromatic rings. The summed E-state index contributed by atoms with van der Waals surface area (Å²) in [5, 5.41) is 0. The molecule has 0 bridgehead atoms. The molecule has 0 aromatic heterocycles. The van der Waals surface area contributed by atoms with Gasteiger partial charge in [0.25, 0.3) is 0 Å². The molecule has 0 spiro atoms. The van der Waals surface area contributed by atoms with E-state index in [9.17, 15) is 0 Å². The van der Waals surface area contributed by atoms with Crippen LogP contribution in [0.2, 0.25) is 0 Å². The Morgan fingerprint density at radius 3 is 2.23 bits per heavy atom. The van der Waals surface area contributed by atoms with Gasteiger partial charge in [-0.3, -0.25) is 0 Å². The Morgan fingerprint density at radius 2 is 1.55 bits per heavy atom. The van der Waals surface area contributed by atoms with Crippen LogP contribution in [-0.2, 0) is 12.8 Å². The number of allylic oxidation sites excluding steroid dienone is 2. The molecule has 1 aliphatic rings. The van der Waals surface area contributed by atoms with Crippen molar-refractivity contribution in [1.82, 2.24) is 0 Å². The fourth-order valence-electron chi connectivity index (χ4n) is 3.74. The van der Waals surface area contributed by atoms with E-state index in [-0.39, 0.29) is 0 Å². The van der Waals surface area contributed by atoms with Crippen molar-refractivity contribution in [3.8, 4) is 11.1 Å². The molecular weight excluding hydrogens is 264 g/mol. The molecule has 0 fully saturated rings. The first-order valence-corrected chi connectivity index (χ1v) is 8.59. The van der Waals surface area contributed by atoms with E-state index in [1.165, 1.54) is 47.9 Å². The van der Waals surface area contributed by atoms with Gasteiger partial charge in [-0.15, -0.1) is 0 Å². The first-order chi connectivity index (χ1) is 10.8. The van der Waals surface area contributed by atoms with Crippen molar-refractivity contribution in [3.05, 3.63) is 71.3 Å². The van der Waals surface area contributed by atoms with Gasteiger partial charge in [-0.05, 0) is 67.2 Å². The van der Waals surface area contributed by atoms with Crippen molar-refractivity contribution in [2.75, 3.05) is 0 Å². The number of rotatable bonds is 4. The Hall–Kier alpha value is -1.82. The summed E-state index contributed by atoms with van der Waals surface area (Å²) < 4.78 is 0. The van der Waals surface area contributed by atoms with Crippen LogP contribution in [0.15, 0.2) is 60.2 Å². The van der Waals surface area contributed by atoms with Gasteiger partial charge in [-0.2, -0.15) is 0 Å². The van der Waals surface area contributed by atoms with Crippen LogP contribution in [0.3, 0.4) is 0 Å². The lowest BCUT2D eigenvalue weighted by atomic mass is 9.82. The van der Waals surface area contributed by atoms with Gasteiger partial charge in [-0.25, -0.2) is 0 Å². The first kappa shape index (κ1) is 15.1. The predicted molar refractivity (Wildman–Crippen MR) is 96.1 cm³/mol. The standard InChI is InChI=1S/C22H26/c1-3-19-11-4-6-13-21(19)22-14-7-5-12-20(22)16-18-10-8-9-17(2)15-18/h4-7,9,11-14,18H,3,8,10,15-16H2,1-2H3. The van der Waals surface area contributed by atoms with Crippen LogP contribution in [0.5, 0.6) is 0 Å². The number of hydrogen-bond acceptors (Lipinski definition) is 0. The second kappa shape index (κ2) is 6.96. The van der Waals surface area contributed by atoms with Crippen molar-refractivity contribution in [2.24, 2.45) is 5.92 Å². The molecule has 0 saturated heterocycles. The molecule has 3 rings (SSSR count). The number of benzene rings is 2. The molecule has 0 amide bonds. The first-order valence-electron chi connectivity index (χ1n) is 8.59. The minimum Gasteiger partial charge on any atom is -0.0856 e. The van der Waals surface area contributed by atoms with E-state index in [1.54, 1.807) is 5.57 Å². The molecule has 0 radical (unpaired) electrons. The molecule has 2 aromatic carbocycles. The Balaban J connectivity index is 1.92. The van der Waals surface area contributed by atoms with Gasteiger partial charge in [0.2, 0.25) is 0 Å². The molecule has 0 heteroatoms. The molecule has 0 aliphatic heterocycles. The van der Waals surface area contributed by atoms with Crippen LogP contribution in [0.25, 0.3) is 11.1 Å². The van der Waals surface area contributed by atoms with Gasteiger partial charge in [0.1, 0.15) is 0 Å². The minimum atomic E-state index is 0.805. The van der Waals surface area contributed by atoms with Crippen LogP contribution < -0.4 is 0 Å². The normalized spacial score (nSPS) is 18.1. The van der Waals surface area contributed by atoms with Crippen molar-refractivity contribution in [3.63, 3.8) is 0 Å². The lowest BCUT2D eigenvalue weighted by Gasteiger charge is -2.23. The summed E-state index contributed by atoms with van der Waals surface area (Å²) in [6.07, 6.45) is 8.57. The van der Waals surface area contributed by atoms with Crippen LogP contribution >= 0.6 is 0 Å². The molecule has 1 aliphatic carbocycles. The Labute approximate surface area is 134 Å². The Morgan fingerprint density at radius 1 is 0.909 bits per heavy atom. The molecule has 0 heterocycles. The van der Waals surface area contributed by atoms with Gasteiger partial charge in [-0.1, -0.05) is 67.1 Å². The van der Waals surface area contributed by atoms with Crippen LogP contribution in [-0.4, -0.2) is 0 Å². The van der Waals surface area contributed by atoms with Crippen LogP contribution in [0.1, 0.15) is 44.2 Å². The number of aryl methyl sites for hydroxylation is 1. The number of hydrogen-bond donors (Lipinski definition) is 0. The maximum atomic E-state index is 2.41. The maximum absolute atomic E-state index is 2.41. The van der Waals surface area contributed by atoms with E-state index in [1.807, 2.05) is 0 Å². The van der Waals surface area contributed by atoms with Crippen molar-refractivity contribution in [2.45, 2.75) is 46.0 Å². The van der Waals surface area contributed by atoms with Crippen LogP contribution in [0.4, 0.5) is 0 Å². The minimum absolute atomic E-state index is 0.805. The van der Waals surface area contributed by atoms with Gasteiger partial charge < -0.3 is 0 Å². The SMILES string of the molecule is CCc1ccccc1-c1ccccc1CC1CCC=C(C)C1. The van der Waals surface area contributed by atoms with E-state index in [2.05, 4.69) is 68.5 Å². The molecule has 1 atom stereocenters. The molecule has 0 nitrogen and oxygen atoms in total. The summed E-state index contributed by atoms with van der Waals surface area (Å²) in [4.78, 5) is 0. The highest BCUT2D eigenvalue weighted by Gasteiger charge is 2.16. The monoisotopic (exact) mass is 290 g/mol. The zero-order valence-electron chi connectivity index (χ0n) is 13.8. The van der Waals surface area contributed by atoms with Gasteiger partial charge in [0.15, 0.2) is 0 Å². The van der Waals surface area contributed by atoms with Crippen molar-refractivity contribution >= 4 is 0 Å². The summed E-state index contributed by atoms with van der Waals surface area (Å²) in [6.45, 7) is 4.53. The van der Waals surface area contributed by atoms with Gasteiger partial charge in [0.05, 0.1) is 0 Å². The third-order valence-corrected chi connectivity index (χ3v) is 4.89. The average molecular weight is 290 g/mol. The highest BCUT2D eigenvalue weighted by Crippen LogP contribution is 2.32. The van der Waals surface area contributed by atoms with Gasteiger partial charge >= 0.3 is 0 Å². The molecule has 114 valence electrons. The van der Waals surface area contributed by atoms with E-state index >= 15 is 0 Å². The fraction of sp³-hybridized carbons (Fsp3) is 0.364. The summed E-state index contributed by atoms with van der Waals surface area (Å²) >= 11 is 0. The second-order valence-electron chi connectivity index (χ2n) is 6.57. The second-order valence-corrected chi connectivity index (χ2v) is 6.57. The zero-order valence-corrected chi connectivity index (χ0v) is 13.8. The highest BCUT2D eigenvalue weighted by molar-refractivity contribution is 5.70. The van der Waals surface area contributed by atoms with Crippen molar-refractivity contribution < 1.29 is 0 Å². The van der Waals surface area contributed by atoms with Crippen molar-refractivity contribution in [1.29, 1.82) is 0 Å². The lowest BCUT2D eigenvalue weighted by molar-refractivity contribution is 0.463. The van der Waals surface area contributed by atoms with E-state index < -0.39 is 0 Å². The summed E-state index contributed by atoms with van der Waals surface area (Å²) in [6, 6.07) is 17.9. The quantitative estimate of drug-likeness (QED) is 0.588. The Kier molecular flexibility index (Phi) is 4.77. The smallest absolute Gasteiger partial charge is 0.0149 e. The molecule has 0 saturated carbocycles. The third kappa shape index (κ3) is 3.32. The predicted octanol–water partition coefficient (Wildman–Crippen LogP) is 6.20. The lowest BCUT2D eigenvalue weighted by Crippen LogP contribution is -2.09. The molecule has 0 N–H and O–H groups in total. The zero-order chi connectivity index (χ0) is 15.4. The average Bonchev–Trinajstić information content (AvgIpc) is 2.55. The van der Waals surface area contributed by atoms with E-state index in [4.69, 9.17) is 0 Å². The molecule has 1 unspecified atom stereocenters. The molecule has 22 heavy (non-hydrogen) atoms. The third-order valence-electron chi connectivity index (χ3n) is 4.89. The van der Waals surface area contributed by atoms with Gasteiger partial charge in [0, 0.05) is 0 Å². The fourth-order valence-corrected chi connectivity index (χ4v) is 3.74. The highest BCUT2D eigenvalue weighted by atomic mass is 14.2. The summed E-state index contributed by atoms with van der Waals surface area (Å²) in [5.41, 5.74) is 7.40. The molecular formula is C22H26. The maximum Gasteiger partial charge on any atom is -0.0149 e.